The standard InChI is InChI=1S/C27H23N5O2S2/c1-17-10-12-20(13-11-17)29-26-32-24(28)23(36-26)25-31-22(16-35-25)19-8-5-9-21(14-19)30-27(33)34-15-18-6-3-2-4-7-18/h2-14,16H,15,28H2,1H3,(H,29,32)(H,30,33). The molecule has 4 N–H and O–H groups in total. The Balaban J connectivity index is 1.26. The third-order valence-corrected chi connectivity index (χ3v) is 7.25. The molecule has 2 heterocycles. The number of anilines is 4. The Morgan fingerprint density at radius 3 is 2.58 bits per heavy atom. The minimum atomic E-state index is -0.513. The molecule has 0 aliphatic rings. The van der Waals surface area contributed by atoms with Crippen LogP contribution in [0.15, 0.2) is 84.2 Å². The van der Waals surface area contributed by atoms with E-state index in [0.717, 1.165) is 32.4 Å². The van der Waals surface area contributed by atoms with Crippen molar-refractivity contribution in [1.29, 1.82) is 0 Å². The van der Waals surface area contributed by atoms with Crippen LogP contribution >= 0.6 is 22.7 Å². The first-order valence-electron chi connectivity index (χ1n) is 11.2. The van der Waals surface area contributed by atoms with Crippen molar-refractivity contribution in [2.24, 2.45) is 0 Å². The third kappa shape index (κ3) is 5.70. The number of nitrogens with one attached hydrogen (secondary N) is 2. The second kappa shape index (κ2) is 10.6. The summed E-state index contributed by atoms with van der Waals surface area (Å²) < 4.78 is 5.31. The maximum absolute atomic E-state index is 12.2. The highest BCUT2D eigenvalue weighted by molar-refractivity contribution is 7.23. The number of benzene rings is 3. The lowest BCUT2D eigenvalue weighted by Crippen LogP contribution is -2.13. The van der Waals surface area contributed by atoms with Gasteiger partial charge in [0.2, 0.25) is 0 Å². The van der Waals surface area contributed by atoms with Crippen LogP contribution in [0.3, 0.4) is 0 Å². The maximum Gasteiger partial charge on any atom is 0.411 e. The zero-order valence-electron chi connectivity index (χ0n) is 19.4. The van der Waals surface area contributed by atoms with Crippen molar-refractivity contribution in [1.82, 2.24) is 9.97 Å². The minimum absolute atomic E-state index is 0.207. The van der Waals surface area contributed by atoms with Gasteiger partial charge in [0.05, 0.1) is 5.69 Å². The first-order chi connectivity index (χ1) is 17.5. The van der Waals surface area contributed by atoms with E-state index < -0.39 is 6.09 Å². The number of hydrogen-bond donors (Lipinski definition) is 3. The predicted octanol–water partition coefficient (Wildman–Crippen LogP) is 7.32. The molecule has 5 aromatic rings. The molecule has 7 nitrogen and oxygen atoms in total. The quantitative estimate of drug-likeness (QED) is 0.211. The van der Waals surface area contributed by atoms with Crippen LogP contribution in [0, 0.1) is 6.92 Å². The zero-order valence-corrected chi connectivity index (χ0v) is 21.0. The molecule has 0 aliphatic heterocycles. The predicted molar refractivity (Wildman–Crippen MR) is 148 cm³/mol. The van der Waals surface area contributed by atoms with Crippen LogP contribution in [0.1, 0.15) is 11.1 Å². The monoisotopic (exact) mass is 513 g/mol. The summed E-state index contributed by atoms with van der Waals surface area (Å²) in [5.74, 6) is 0.437. The lowest BCUT2D eigenvalue weighted by Gasteiger charge is -2.08. The van der Waals surface area contributed by atoms with Gasteiger partial charge in [0.25, 0.3) is 0 Å². The fourth-order valence-corrected chi connectivity index (χ4v) is 5.28. The fourth-order valence-electron chi connectivity index (χ4n) is 3.44. The molecule has 9 heteroatoms. The van der Waals surface area contributed by atoms with E-state index in [1.54, 1.807) is 0 Å². The van der Waals surface area contributed by atoms with Gasteiger partial charge in [-0.2, -0.15) is 0 Å². The average Bonchev–Trinajstić information content (AvgIpc) is 3.52. The molecule has 0 saturated heterocycles. The second-order valence-electron chi connectivity index (χ2n) is 8.03. The van der Waals surface area contributed by atoms with Crippen molar-refractivity contribution in [3.05, 3.63) is 95.4 Å². The normalized spacial score (nSPS) is 10.7. The van der Waals surface area contributed by atoms with Crippen molar-refractivity contribution in [3.63, 3.8) is 0 Å². The van der Waals surface area contributed by atoms with E-state index in [1.165, 1.54) is 28.2 Å². The molecular formula is C27H23N5O2S2. The second-order valence-corrected chi connectivity index (χ2v) is 9.89. The van der Waals surface area contributed by atoms with Crippen LogP contribution in [-0.2, 0) is 11.3 Å². The number of ether oxygens (including phenoxy) is 1. The molecule has 0 spiro atoms. The molecule has 180 valence electrons. The summed E-state index contributed by atoms with van der Waals surface area (Å²) in [7, 11) is 0. The Hall–Kier alpha value is -4.21. The largest absolute Gasteiger partial charge is 0.444 e. The van der Waals surface area contributed by atoms with Gasteiger partial charge in [-0.1, -0.05) is 71.5 Å². The van der Waals surface area contributed by atoms with Crippen molar-refractivity contribution >= 4 is 51.1 Å². The smallest absolute Gasteiger partial charge is 0.411 e. The molecule has 0 atom stereocenters. The van der Waals surface area contributed by atoms with Crippen LogP contribution in [0.5, 0.6) is 0 Å². The number of rotatable bonds is 7. The number of carbonyl (C=O) groups is 1. The van der Waals surface area contributed by atoms with E-state index in [4.69, 9.17) is 15.5 Å². The maximum atomic E-state index is 12.2. The van der Waals surface area contributed by atoms with Gasteiger partial charge in [-0.25, -0.2) is 14.8 Å². The third-order valence-electron chi connectivity index (χ3n) is 5.27. The van der Waals surface area contributed by atoms with E-state index >= 15 is 0 Å². The Bertz CT molecular complexity index is 1480. The number of amides is 1. The first kappa shape index (κ1) is 23.5. The summed E-state index contributed by atoms with van der Waals surface area (Å²) in [4.78, 5) is 22.3. The summed E-state index contributed by atoms with van der Waals surface area (Å²) in [5.41, 5.74) is 11.6. The highest BCUT2D eigenvalue weighted by Gasteiger charge is 2.16. The van der Waals surface area contributed by atoms with Gasteiger partial charge in [0, 0.05) is 22.3 Å². The van der Waals surface area contributed by atoms with Gasteiger partial charge in [0.15, 0.2) is 5.13 Å². The average molecular weight is 514 g/mol. The Kier molecular flexibility index (Phi) is 6.92. The molecule has 0 bridgehead atoms. The molecule has 0 radical (unpaired) electrons. The summed E-state index contributed by atoms with van der Waals surface area (Å²) in [5, 5.41) is 9.54. The molecule has 0 aliphatic carbocycles. The molecule has 5 rings (SSSR count). The molecular weight excluding hydrogens is 490 g/mol. The Morgan fingerprint density at radius 2 is 1.78 bits per heavy atom. The van der Waals surface area contributed by atoms with Gasteiger partial charge in [-0.15, -0.1) is 11.3 Å². The number of nitrogens with two attached hydrogens (primary N) is 1. The van der Waals surface area contributed by atoms with Crippen LogP contribution < -0.4 is 16.4 Å². The lowest BCUT2D eigenvalue weighted by molar-refractivity contribution is 0.155. The van der Waals surface area contributed by atoms with E-state index in [-0.39, 0.29) is 6.61 Å². The number of carbonyl (C=O) groups excluding carboxylic acids is 1. The van der Waals surface area contributed by atoms with Crippen LogP contribution in [0.25, 0.3) is 21.1 Å². The van der Waals surface area contributed by atoms with Crippen molar-refractivity contribution < 1.29 is 9.53 Å². The summed E-state index contributed by atoms with van der Waals surface area (Å²) in [6.45, 7) is 2.26. The van der Waals surface area contributed by atoms with Crippen molar-refractivity contribution in [3.8, 4) is 21.1 Å². The van der Waals surface area contributed by atoms with Crippen LogP contribution in [0.4, 0.5) is 27.1 Å². The molecule has 1 amide bonds. The molecule has 3 aromatic carbocycles. The molecule has 36 heavy (non-hydrogen) atoms. The van der Waals surface area contributed by atoms with Gasteiger partial charge >= 0.3 is 6.09 Å². The van der Waals surface area contributed by atoms with E-state index in [2.05, 4.69) is 15.6 Å². The molecule has 0 saturated carbocycles. The van der Waals surface area contributed by atoms with E-state index in [1.807, 2.05) is 91.2 Å². The lowest BCUT2D eigenvalue weighted by atomic mass is 10.1. The zero-order chi connectivity index (χ0) is 24.9. The number of nitrogen functional groups attached to an aromatic ring is 1. The van der Waals surface area contributed by atoms with Gasteiger partial charge in [0.1, 0.15) is 22.3 Å². The van der Waals surface area contributed by atoms with Gasteiger partial charge < -0.3 is 15.8 Å². The van der Waals surface area contributed by atoms with E-state index in [9.17, 15) is 4.79 Å². The van der Waals surface area contributed by atoms with E-state index in [0.29, 0.717) is 16.6 Å². The van der Waals surface area contributed by atoms with Crippen molar-refractivity contribution in [2.45, 2.75) is 13.5 Å². The number of nitrogens with zero attached hydrogens (tertiary/aromatic N) is 2. The summed E-state index contributed by atoms with van der Waals surface area (Å²) in [6.07, 6.45) is -0.513. The summed E-state index contributed by atoms with van der Waals surface area (Å²) >= 11 is 2.96. The summed E-state index contributed by atoms with van der Waals surface area (Å²) in [6, 6.07) is 25.1. The number of thiazole rings is 2. The number of hydrogen-bond acceptors (Lipinski definition) is 8. The highest BCUT2D eigenvalue weighted by Crippen LogP contribution is 2.39. The Morgan fingerprint density at radius 1 is 0.972 bits per heavy atom. The van der Waals surface area contributed by atoms with Crippen LogP contribution in [0.2, 0.25) is 0 Å². The van der Waals surface area contributed by atoms with Gasteiger partial charge in [-0.05, 0) is 36.8 Å². The highest BCUT2D eigenvalue weighted by atomic mass is 32.1. The minimum Gasteiger partial charge on any atom is -0.444 e. The molecule has 0 unspecified atom stereocenters. The number of aromatic nitrogens is 2. The number of aryl methyl sites for hydroxylation is 1. The first-order valence-corrected chi connectivity index (χ1v) is 12.9. The van der Waals surface area contributed by atoms with Crippen LogP contribution in [-0.4, -0.2) is 16.1 Å². The Labute approximate surface area is 216 Å². The molecule has 0 fully saturated rings. The van der Waals surface area contributed by atoms with Gasteiger partial charge in [-0.3, -0.25) is 5.32 Å². The SMILES string of the molecule is Cc1ccc(Nc2nc(N)c(-c3nc(-c4cccc(NC(=O)OCc5ccccc5)c4)cs3)s2)cc1. The fraction of sp³-hybridized carbons (Fsp3) is 0.0741. The van der Waals surface area contributed by atoms with Crippen molar-refractivity contribution in [2.75, 3.05) is 16.4 Å². The topological polar surface area (TPSA) is 102 Å². The molecule has 2 aromatic heterocycles.